The van der Waals surface area contributed by atoms with Crippen LogP contribution in [-0.4, -0.2) is 51.1 Å². The molecule has 198 valence electrons. The lowest BCUT2D eigenvalue weighted by Gasteiger charge is -2.64. The molecule has 35 heavy (non-hydrogen) atoms. The van der Waals surface area contributed by atoms with Gasteiger partial charge in [0.1, 0.15) is 6.10 Å². The van der Waals surface area contributed by atoms with Crippen LogP contribution in [0.1, 0.15) is 99.8 Å². The standard InChI is InChI=1S/C30H48O5/c1-16-12-18-23(25(4,5)33)35-30(34-18)14-27(7)22-17(31)13-19-24(2,3)20(32)8-9-28(19)15-29(22,28)11-10-26(27,6)21(16)30/h16-23,31-33H,8-15H2,1-7H3/t16-,17+,18-,19+,20+,21-,22-,23-,26-,27+,28-,29+,30-/m1/s1. The number of fused-ring (bicyclic) bond motifs is 4. The van der Waals surface area contributed by atoms with E-state index in [9.17, 15) is 15.3 Å². The Bertz CT molecular complexity index is 957. The lowest BCUT2D eigenvalue weighted by molar-refractivity contribution is -0.245. The molecule has 0 aromatic rings. The van der Waals surface area contributed by atoms with Crippen LogP contribution in [-0.2, 0) is 9.47 Å². The number of rotatable bonds is 1. The molecular weight excluding hydrogens is 440 g/mol. The SMILES string of the molecule is C[C@@H]1C[C@H]2O[C@]3(C[C@@]4(C)[C@H]5[C@@H](O)C[C@H]6C(C)(C)[C@@H](O)CC[C@@]67C[C@@]57CC[C@]4(C)[C@@H]13)O[C@H]2C(C)(C)O. The van der Waals surface area contributed by atoms with Crippen molar-refractivity contribution in [2.45, 2.75) is 136 Å². The highest BCUT2D eigenvalue weighted by molar-refractivity contribution is 5.33. The van der Waals surface area contributed by atoms with Crippen LogP contribution in [0.3, 0.4) is 0 Å². The quantitative estimate of drug-likeness (QED) is 0.500. The van der Waals surface area contributed by atoms with Crippen molar-refractivity contribution in [3.05, 3.63) is 0 Å². The normalized spacial score (nSPS) is 63.9. The Kier molecular flexibility index (Phi) is 4.32. The monoisotopic (exact) mass is 488 g/mol. The fourth-order valence-corrected chi connectivity index (χ4v) is 12.7. The maximum atomic E-state index is 12.0. The highest BCUT2D eigenvalue weighted by Crippen LogP contribution is 2.90. The van der Waals surface area contributed by atoms with Crippen LogP contribution in [0.15, 0.2) is 0 Å². The second-order valence-electron chi connectivity index (χ2n) is 16.1. The molecule has 7 fully saturated rings. The smallest absolute Gasteiger partial charge is 0.173 e. The summed E-state index contributed by atoms with van der Waals surface area (Å²) in [7, 11) is 0. The minimum Gasteiger partial charge on any atom is -0.393 e. The van der Waals surface area contributed by atoms with Gasteiger partial charge < -0.3 is 24.8 Å². The molecule has 7 rings (SSSR count). The highest BCUT2D eigenvalue weighted by Gasteiger charge is 2.87. The summed E-state index contributed by atoms with van der Waals surface area (Å²) in [6.45, 7) is 15.5. The first-order chi connectivity index (χ1) is 16.1. The molecule has 2 aliphatic heterocycles. The molecule has 5 heteroatoms. The molecule has 2 saturated heterocycles. The first-order valence-electron chi connectivity index (χ1n) is 14.5. The van der Waals surface area contributed by atoms with E-state index in [1.807, 2.05) is 13.8 Å². The van der Waals surface area contributed by atoms with E-state index in [1.165, 1.54) is 12.8 Å². The molecule has 0 amide bonds. The molecule has 3 N–H and O–H groups in total. The molecule has 5 nitrogen and oxygen atoms in total. The van der Waals surface area contributed by atoms with Gasteiger partial charge in [0, 0.05) is 12.3 Å². The van der Waals surface area contributed by atoms with Crippen molar-refractivity contribution in [3.63, 3.8) is 0 Å². The van der Waals surface area contributed by atoms with Crippen LogP contribution in [0, 0.1) is 50.7 Å². The van der Waals surface area contributed by atoms with Crippen LogP contribution in [0.5, 0.6) is 0 Å². The molecule has 0 aromatic carbocycles. The third-order valence-corrected chi connectivity index (χ3v) is 14.0. The lowest BCUT2D eigenvalue weighted by atomic mass is 9.41. The molecule has 5 aliphatic carbocycles. The fraction of sp³-hybridized carbons (Fsp3) is 1.00. The third-order valence-electron chi connectivity index (χ3n) is 14.0. The van der Waals surface area contributed by atoms with Crippen molar-refractivity contribution in [2.75, 3.05) is 0 Å². The van der Waals surface area contributed by atoms with Crippen molar-refractivity contribution in [1.29, 1.82) is 0 Å². The molecule has 2 heterocycles. The zero-order valence-corrected chi connectivity index (χ0v) is 22.9. The fourth-order valence-electron chi connectivity index (χ4n) is 12.7. The Morgan fingerprint density at radius 2 is 1.54 bits per heavy atom. The van der Waals surface area contributed by atoms with Gasteiger partial charge in [-0.1, -0.05) is 34.6 Å². The summed E-state index contributed by atoms with van der Waals surface area (Å²) in [5.41, 5.74) is -0.674. The van der Waals surface area contributed by atoms with Crippen molar-refractivity contribution in [2.24, 2.45) is 50.7 Å². The summed E-state index contributed by atoms with van der Waals surface area (Å²) in [5.74, 6) is 0.733. The molecule has 7 aliphatic rings. The molecule has 13 atom stereocenters. The maximum absolute atomic E-state index is 12.0. The Hall–Kier alpha value is -0.200. The first-order valence-corrected chi connectivity index (χ1v) is 14.5. The second-order valence-corrected chi connectivity index (χ2v) is 16.1. The van der Waals surface area contributed by atoms with Gasteiger partial charge in [-0.25, -0.2) is 0 Å². The zero-order valence-electron chi connectivity index (χ0n) is 22.9. The summed E-state index contributed by atoms with van der Waals surface area (Å²) in [5, 5.41) is 33.9. The molecule has 0 aromatic heterocycles. The van der Waals surface area contributed by atoms with E-state index in [0.29, 0.717) is 11.8 Å². The third kappa shape index (κ3) is 2.42. The Morgan fingerprint density at radius 1 is 0.829 bits per heavy atom. The highest BCUT2D eigenvalue weighted by atomic mass is 16.8. The van der Waals surface area contributed by atoms with Gasteiger partial charge in [0.05, 0.1) is 23.9 Å². The largest absolute Gasteiger partial charge is 0.393 e. The lowest BCUT2D eigenvalue weighted by Crippen LogP contribution is -2.62. The van der Waals surface area contributed by atoms with Gasteiger partial charge >= 0.3 is 0 Å². The van der Waals surface area contributed by atoms with Crippen LogP contribution < -0.4 is 0 Å². The van der Waals surface area contributed by atoms with Crippen LogP contribution in [0.25, 0.3) is 0 Å². The topological polar surface area (TPSA) is 79.2 Å². The van der Waals surface area contributed by atoms with E-state index in [4.69, 9.17) is 9.47 Å². The van der Waals surface area contributed by atoms with Crippen LogP contribution in [0.4, 0.5) is 0 Å². The number of aliphatic hydroxyl groups excluding tert-OH is 2. The molecule has 2 bridgehead atoms. The zero-order chi connectivity index (χ0) is 25.2. The number of hydrogen-bond donors (Lipinski definition) is 3. The second kappa shape index (κ2) is 6.33. The van der Waals surface area contributed by atoms with E-state index in [0.717, 1.165) is 38.5 Å². The van der Waals surface area contributed by atoms with Gasteiger partial charge in [0.2, 0.25) is 0 Å². The summed E-state index contributed by atoms with van der Waals surface area (Å²) in [6.07, 6.45) is 7.16. The van der Waals surface area contributed by atoms with Gasteiger partial charge in [0.15, 0.2) is 5.79 Å². The Balaban J connectivity index is 1.32. The average Bonchev–Trinajstić information content (AvgIpc) is 3.20. The summed E-state index contributed by atoms with van der Waals surface area (Å²) in [6, 6.07) is 0. The van der Waals surface area contributed by atoms with Crippen molar-refractivity contribution in [3.8, 4) is 0 Å². The minimum atomic E-state index is -0.938. The average molecular weight is 489 g/mol. The van der Waals surface area contributed by atoms with Crippen LogP contribution >= 0.6 is 0 Å². The van der Waals surface area contributed by atoms with E-state index in [2.05, 4.69) is 34.6 Å². The van der Waals surface area contributed by atoms with Crippen molar-refractivity contribution < 1.29 is 24.8 Å². The molecule has 5 saturated carbocycles. The van der Waals surface area contributed by atoms with Gasteiger partial charge in [-0.05, 0) is 104 Å². The van der Waals surface area contributed by atoms with E-state index in [-0.39, 0.29) is 63.3 Å². The summed E-state index contributed by atoms with van der Waals surface area (Å²) in [4.78, 5) is 0. The number of ether oxygens (including phenoxy) is 2. The predicted octanol–water partition coefficient (Wildman–Crippen LogP) is 4.66. The van der Waals surface area contributed by atoms with E-state index in [1.54, 1.807) is 0 Å². The Labute approximate surface area is 211 Å². The number of aliphatic hydroxyl groups is 3. The van der Waals surface area contributed by atoms with Crippen molar-refractivity contribution >= 4 is 0 Å². The maximum Gasteiger partial charge on any atom is 0.173 e. The Morgan fingerprint density at radius 3 is 2.23 bits per heavy atom. The predicted molar refractivity (Wildman–Crippen MR) is 132 cm³/mol. The summed E-state index contributed by atoms with van der Waals surface area (Å²) < 4.78 is 13.7. The van der Waals surface area contributed by atoms with Gasteiger partial charge in [0.25, 0.3) is 0 Å². The van der Waals surface area contributed by atoms with Crippen LogP contribution in [0.2, 0.25) is 0 Å². The van der Waals surface area contributed by atoms with E-state index >= 15 is 0 Å². The van der Waals surface area contributed by atoms with Gasteiger partial charge in [-0.3, -0.25) is 0 Å². The van der Waals surface area contributed by atoms with Gasteiger partial charge in [-0.15, -0.1) is 0 Å². The molecular formula is C30H48O5. The van der Waals surface area contributed by atoms with Gasteiger partial charge in [-0.2, -0.15) is 0 Å². The molecule has 0 unspecified atom stereocenters. The molecule has 3 spiro atoms. The molecule has 0 radical (unpaired) electrons. The first kappa shape index (κ1) is 23.9. The summed E-state index contributed by atoms with van der Waals surface area (Å²) >= 11 is 0. The number of hydrogen-bond acceptors (Lipinski definition) is 5. The van der Waals surface area contributed by atoms with E-state index < -0.39 is 11.4 Å². The minimum absolute atomic E-state index is 0.0308. The van der Waals surface area contributed by atoms with Crippen molar-refractivity contribution in [1.82, 2.24) is 0 Å².